The van der Waals surface area contributed by atoms with E-state index in [0.717, 1.165) is 0 Å². The first-order valence-corrected chi connectivity index (χ1v) is 8.21. The van der Waals surface area contributed by atoms with Crippen molar-refractivity contribution in [3.63, 3.8) is 0 Å². The molecule has 0 aromatic heterocycles. The molecule has 0 aliphatic heterocycles. The van der Waals surface area contributed by atoms with Gasteiger partial charge in [-0.25, -0.2) is 0 Å². The number of hydrogen-bond acceptors (Lipinski definition) is 1. The van der Waals surface area contributed by atoms with Gasteiger partial charge in [-0.3, -0.25) is 4.57 Å². The topological polar surface area (TPSA) is 57.5 Å². The Morgan fingerprint density at radius 2 is 1.25 bits per heavy atom. The lowest BCUT2D eigenvalue weighted by molar-refractivity contribution is 0.344. The summed E-state index contributed by atoms with van der Waals surface area (Å²) in [5.74, 6) is 0. The minimum absolute atomic E-state index is 0.290. The Balaban J connectivity index is 2.81. The molecule has 2 rings (SSSR count). The molecule has 0 saturated heterocycles. The van der Waals surface area contributed by atoms with Crippen LogP contribution in [0.15, 0.2) is 48.5 Å². The van der Waals surface area contributed by atoms with Crippen LogP contribution >= 0.6 is 30.8 Å². The third-order valence-corrected chi connectivity index (χ3v) is 5.69. The highest BCUT2D eigenvalue weighted by atomic mass is 35.5. The van der Waals surface area contributed by atoms with Gasteiger partial charge in [0, 0.05) is 10.0 Å². The molecule has 0 unspecified atom stereocenters. The Kier molecular flexibility index (Phi) is 4.29. The highest BCUT2D eigenvalue weighted by Gasteiger charge is 2.47. The fraction of sp³-hybridized carbons (Fsp3) is 0.143. The molecular formula is C14H13Cl2O3P. The summed E-state index contributed by atoms with van der Waals surface area (Å²) in [6.45, 7) is 1.45. The fourth-order valence-corrected chi connectivity index (χ4v) is 3.97. The van der Waals surface area contributed by atoms with Crippen LogP contribution in [0.1, 0.15) is 18.1 Å². The summed E-state index contributed by atoms with van der Waals surface area (Å²) in [5.41, 5.74) is 0.700. The molecule has 2 aromatic carbocycles. The first kappa shape index (κ1) is 15.6. The van der Waals surface area contributed by atoms with Crippen LogP contribution in [0.5, 0.6) is 0 Å². The molecule has 106 valence electrons. The standard InChI is InChI=1S/C14H13Cl2O3P/c1-14(20(17,18)19,10-6-2-4-8-12(10)15)11-7-3-5-9-13(11)16/h2-9H,1H3,(H2,17,18,19). The second kappa shape index (κ2) is 5.51. The van der Waals surface area contributed by atoms with Crippen LogP contribution < -0.4 is 0 Å². The van der Waals surface area contributed by atoms with Gasteiger partial charge in [-0.15, -0.1) is 0 Å². The molecule has 3 nitrogen and oxygen atoms in total. The molecule has 0 atom stereocenters. The smallest absolute Gasteiger partial charge is 0.324 e. The van der Waals surface area contributed by atoms with Crippen molar-refractivity contribution in [3.05, 3.63) is 69.7 Å². The number of rotatable bonds is 3. The summed E-state index contributed by atoms with van der Waals surface area (Å²) in [4.78, 5) is 19.8. The summed E-state index contributed by atoms with van der Waals surface area (Å²) >= 11 is 12.3. The maximum atomic E-state index is 12.1. The molecule has 0 saturated carbocycles. The Morgan fingerprint density at radius 3 is 1.55 bits per heavy atom. The van der Waals surface area contributed by atoms with Crippen molar-refractivity contribution in [2.24, 2.45) is 0 Å². The van der Waals surface area contributed by atoms with E-state index in [-0.39, 0.29) is 0 Å². The molecule has 2 N–H and O–H groups in total. The largest absolute Gasteiger partial charge is 0.340 e. The van der Waals surface area contributed by atoms with Gasteiger partial charge in [0.2, 0.25) is 0 Å². The highest BCUT2D eigenvalue weighted by Crippen LogP contribution is 2.62. The Bertz CT molecular complexity index is 636. The summed E-state index contributed by atoms with van der Waals surface area (Å²) in [6, 6.07) is 13.2. The first-order valence-electron chi connectivity index (χ1n) is 5.84. The van der Waals surface area contributed by atoms with Crippen molar-refractivity contribution in [1.29, 1.82) is 0 Å². The summed E-state index contributed by atoms with van der Waals surface area (Å²) in [6.07, 6.45) is 0. The van der Waals surface area contributed by atoms with Crippen LogP contribution in [0.2, 0.25) is 10.0 Å². The number of hydrogen-bond donors (Lipinski definition) is 2. The van der Waals surface area contributed by atoms with Crippen LogP contribution in [0.4, 0.5) is 0 Å². The number of benzene rings is 2. The molecule has 0 amide bonds. The zero-order chi connectivity index (χ0) is 15.0. The van der Waals surface area contributed by atoms with Crippen LogP contribution in [0.3, 0.4) is 0 Å². The van der Waals surface area contributed by atoms with Gasteiger partial charge in [0.25, 0.3) is 0 Å². The van der Waals surface area contributed by atoms with Crippen molar-refractivity contribution >= 4 is 30.8 Å². The normalized spacial score (nSPS) is 12.4. The lowest BCUT2D eigenvalue weighted by Gasteiger charge is -2.32. The highest BCUT2D eigenvalue weighted by molar-refractivity contribution is 7.53. The third-order valence-electron chi connectivity index (χ3n) is 3.38. The maximum Gasteiger partial charge on any atom is 0.340 e. The first-order chi connectivity index (χ1) is 9.28. The molecule has 0 heterocycles. The monoisotopic (exact) mass is 330 g/mol. The van der Waals surface area contributed by atoms with Gasteiger partial charge < -0.3 is 9.79 Å². The SMILES string of the molecule is CC(c1ccccc1Cl)(c1ccccc1Cl)P(=O)(O)O. The van der Waals surface area contributed by atoms with Gasteiger partial charge in [-0.2, -0.15) is 0 Å². The van der Waals surface area contributed by atoms with E-state index in [1.54, 1.807) is 48.5 Å². The molecule has 20 heavy (non-hydrogen) atoms. The van der Waals surface area contributed by atoms with Gasteiger partial charge in [-0.05, 0) is 30.2 Å². The molecule has 2 aromatic rings. The lowest BCUT2D eigenvalue weighted by Crippen LogP contribution is -2.24. The van der Waals surface area contributed by atoms with Gasteiger partial charge in [0.15, 0.2) is 0 Å². The predicted octanol–water partition coefficient (Wildman–Crippen LogP) is 4.43. The second-order valence-electron chi connectivity index (χ2n) is 4.58. The Labute approximate surface area is 127 Å². The van der Waals surface area contributed by atoms with E-state index in [0.29, 0.717) is 21.2 Å². The zero-order valence-electron chi connectivity index (χ0n) is 10.6. The minimum atomic E-state index is -4.55. The van der Waals surface area contributed by atoms with E-state index in [1.165, 1.54) is 6.92 Å². The molecule has 0 bridgehead atoms. The molecule has 6 heteroatoms. The van der Waals surface area contributed by atoms with E-state index >= 15 is 0 Å². The van der Waals surface area contributed by atoms with Gasteiger partial charge >= 0.3 is 7.60 Å². The van der Waals surface area contributed by atoms with Crippen LogP contribution in [-0.4, -0.2) is 9.79 Å². The van der Waals surface area contributed by atoms with Crippen LogP contribution in [0, 0.1) is 0 Å². The van der Waals surface area contributed by atoms with E-state index in [9.17, 15) is 14.4 Å². The van der Waals surface area contributed by atoms with Crippen LogP contribution in [-0.2, 0) is 9.72 Å². The van der Waals surface area contributed by atoms with Gasteiger partial charge in [0.1, 0.15) is 5.16 Å². The fourth-order valence-electron chi connectivity index (χ4n) is 2.17. The van der Waals surface area contributed by atoms with E-state index in [2.05, 4.69) is 0 Å². The molecule has 0 radical (unpaired) electrons. The van der Waals surface area contributed by atoms with Crippen molar-refractivity contribution in [1.82, 2.24) is 0 Å². The summed E-state index contributed by atoms with van der Waals surface area (Å²) in [7, 11) is -4.55. The van der Waals surface area contributed by atoms with Crippen molar-refractivity contribution in [2.45, 2.75) is 12.1 Å². The molecule has 0 aliphatic rings. The Morgan fingerprint density at radius 1 is 0.900 bits per heavy atom. The maximum absolute atomic E-state index is 12.1. The molecular weight excluding hydrogens is 318 g/mol. The van der Waals surface area contributed by atoms with Crippen molar-refractivity contribution < 1.29 is 14.4 Å². The average Bonchev–Trinajstić information content (AvgIpc) is 2.37. The summed E-state index contributed by atoms with van der Waals surface area (Å²) in [5, 5.41) is -1.01. The summed E-state index contributed by atoms with van der Waals surface area (Å²) < 4.78 is 12.1. The van der Waals surface area contributed by atoms with E-state index < -0.39 is 12.8 Å². The van der Waals surface area contributed by atoms with Gasteiger partial charge in [0.05, 0.1) is 0 Å². The lowest BCUT2D eigenvalue weighted by atomic mass is 9.92. The molecule has 0 fully saturated rings. The second-order valence-corrected chi connectivity index (χ2v) is 7.37. The zero-order valence-corrected chi connectivity index (χ0v) is 13.0. The van der Waals surface area contributed by atoms with E-state index in [4.69, 9.17) is 23.2 Å². The minimum Gasteiger partial charge on any atom is -0.324 e. The molecule has 0 spiro atoms. The van der Waals surface area contributed by atoms with Gasteiger partial charge in [-0.1, -0.05) is 59.6 Å². The predicted molar refractivity (Wildman–Crippen MR) is 81.4 cm³/mol. The van der Waals surface area contributed by atoms with E-state index in [1.807, 2.05) is 0 Å². The Hall–Kier alpha value is -0.830. The van der Waals surface area contributed by atoms with Crippen molar-refractivity contribution in [3.8, 4) is 0 Å². The van der Waals surface area contributed by atoms with Crippen LogP contribution in [0.25, 0.3) is 0 Å². The van der Waals surface area contributed by atoms with Crippen molar-refractivity contribution in [2.75, 3.05) is 0 Å². The third kappa shape index (κ3) is 2.52. The average molecular weight is 331 g/mol. The number of halogens is 2. The molecule has 0 aliphatic carbocycles. The quantitative estimate of drug-likeness (QED) is 0.818.